The van der Waals surface area contributed by atoms with Crippen LogP contribution in [0.15, 0.2) is 18.2 Å². The molecular formula is C11H15O2. The molecule has 0 amide bonds. The molecule has 0 N–H and O–H groups in total. The topological polar surface area (TPSA) is 18.5 Å². The molecule has 2 heteroatoms. The van der Waals surface area contributed by atoms with Crippen LogP contribution in [-0.4, -0.2) is 12.7 Å². The van der Waals surface area contributed by atoms with Crippen LogP contribution < -0.4 is 9.47 Å². The van der Waals surface area contributed by atoms with Gasteiger partial charge in [0, 0.05) is 6.07 Å². The summed E-state index contributed by atoms with van der Waals surface area (Å²) in [5.41, 5.74) is 0. The van der Waals surface area contributed by atoms with Crippen molar-refractivity contribution in [1.29, 1.82) is 0 Å². The van der Waals surface area contributed by atoms with Crippen LogP contribution >= 0.6 is 0 Å². The van der Waals surface area contributed by atoms with E-state index in [1.54, 1.807) is 6.07 Å². The largest absolute Gasteiger partial charge is 0.494 e. The molecule has 0 atom stereocenters. The van der Waals surface area contributed by atoms with Crippen LogP contribution in [0.3, 0.4) is 0 Å². The Bertz CT molecular complexity index is 239. The Balaban J connectivity index is 2.59. The van der Waals surface area contributed by atoms with Crippen LogP contribution in [0.2, 0.25) is 0 Å². The van der Waals surface area contributed by atoms with Gasteiger partial charge in [-0.2, -0.15) is 0 Å². The summed E-state index contributed by atoms with van der Waals surface area (Å²) in [6.07, 6.45) is 0.189. The first-order chi connectivity index (χ1) is 6.22. The van der Waals surface area contributed by atoms with E-state index in [4.69, 9.17) is 9.47 Å². The smallest absolute Gasteiger partial charge is 0.127 e. The van der Waals surface area contributed by atoms with Crippen LogP contribution in [0.4, 0.5) is 0 Å². The average molecular weight is 179 g/mol. The lowest BCUT2D eigenvalue weighted by Crippen LogP contribution is -2.05. The highest BCUT2D eigenvalue weighted by atomic mass is 16.5. The monoisotopic (exact) mass is 179 g/mol. The lowest BCUT2D eigenvalue weighted by atomic mass is 10.3. The summed E-state index contributed by atoms with van der Waals surface area (Å²) in [5.74, 6) is 1.59. The third-order valence-corrected chi connectivity index (χ3v) is 1.43. The van der Waals surface area contributed by atoms with Crippen molar-refractivity contribution < 1.29 is 9.47 Å². The van der Waals surface area contributed by atoms with Gasteiger partial charge in [0.2, 0.25) is 0 Å². The minimum Gasteiger partial charge on any atom is -0.494 e. The molecule has 0 aliphatic rings. The summed E-state index contributed by atoms with van der Waals surface area (Å²) in [7, 11) is 0. The molecule has 0 unspecified atom stereocenters. The van der Waals surface area contributed by atoms with Gasteiger partial charge in [-0.05, 0) is 39.0 Å². The Morgan fingerprint density at radius 2 is 2.15 bits per heavy atom. The Kier molecular flexibility index (Phi) is 3.62. The zero-order valence-electron chi connectivity index (χ0n) is 8.33. The third-order valence-electron chi connectivity index (χ3n) is 1.43. The van der Waals surface area contributed by atoms with Crippen molar-refractivity contribution in [3.63, 3.8) is 0 Å². The second kappa shape index (κ2) is 4.75. The molecule has 0 spiro atoms. The number of ether oxygens (including phenoxy) is 2. The van der Waals surface area contributed by atoms with E-state index in [0.29, 0.717) is 6.61 Å². The highest BCUT2D eigenvalue weighted by Crippen LogP contribution is 2.17. The van der Waals surface area contributed by atoms with Crippen molar-refractivity contribution in [3.05, 3.63) is 24.3 Å². The summed E-state index contributed by atoms with van der Waals surface area (Å²) < 4.78 is 10.7. The van der Waals surface area contributed by atoms with Gasteiger partial charge >= 0.3 is 0 Å². The summed E-state index contributed by atoms with van der Waals surface area (Å²) in [6, 6.07) is 8.55. The van der Waals surface area contributed by atoms with Crippen molar-refractivity contribution in [2.24, 2.45) is 0 Å². The minimum absolute atomic E-state index is 0.189. The Labute approximate surface area is 79.5 Å². The quantitative estimate of drug-likeness (QED) is 0.707. The Hall–Kier alpha value is -1.18. The number of hydrogen-bond donors (Lipinski definition) is 0. The molecule has 2 nitrogen and oxygen atoms in total. The van der Waals surface area contributed by atoms with Gasteiger partial charge in [0.15, 0.2) is 0 Å². The highest BCUT2D eigenvalue weighted by molar-refractivity contribution is 5.30. The number of rotatable bonds is 4. The van der Waals surface area contributed by atoms with E-state index in [1.165, 1.54) is 0 Å². The Morgan fingerprint density at radius 1 is 1.38 bits per heavy atom. The van der Waals surface area contributed by atoms with Gasteiger partial charge < -0.3 is 9.47 Å². The maximum Gasteiger partial charge on any atom is 0.127 e. The molecule has 0 heterocycles. The van der Waals surface area contributed by atoms with E-state index in [9.17, 15) is 0 Å². The number of benzene rings is 1. The molecule has 0 saturated heterocycles. The standard InChI is InChI=1S/C11H15O2/c1-4-12-10-5-7-11(8-6-10)13-9(2)3/h5-7,9H,4H2,1-3H3. The second-order valence-corrected chi connectivity index (χ2v) is 2.99. The maximum absolute atomic E-state index is 5.44. The van der Waals surface area contributed by atoms with Crippen molar-refractivity contribution in [2.45, 2.75) is 26.9 Å². The third kappa shape index (κ3) is 3.36. The molecule has 0 fully saturated rings. The highest BCUT2D eigenvalue weighted by Gasteiger charge is 1.97. The van der Waals surface area contributed by atoms with Gasteiger partial charge in [-0.15, -0.1) is 0 Å². The van der Waals surface area contributed by atoms with Gasteiger partial charge in [-0.3, -0.25) is 0 Å². The summed E-state index contributed by atoms with van der Waals surface area (Å²) in [4.78, 5) is 0. The molecule has 0 aliphatic carbocycles. The Morgan fingerprint density at radius 3 is 2.62 bits per heavy atom. The van der Waals surface area contributed by atoms with E-state index >= 15 is 0 Å². The van der Waals surface area contributed by atoms with Crippen LogP contribution in [-0.2, 0) is 0 Å². The zero-order valence-corrected chi connectivity index (χ0v) is 8.33. The van der Waals surface area contributed by atoms with Crippen molar-refractivity contribution in [3.8, 4) is 11.5 Å². The lowest BCUT2D eigenvalue weighted by Gasteiger charge is -2.09. The molecule has 1 rings (SSSR count). The minimum atomic E-state index is 0.189. The molecule has 71 valence electrons. The predicted octanol–water partition coefficient (Wildman–Crippen LogP) is 2.67. The van der Waals surface area contributed by atoms with E-state index in [-0.39, 0.29) is 6.10 Å². The summed E-state index contributed by atoms with van der Waals surface area (Å²) in [5, 5.41) is 0. The van der Waals surface area contributed by atoms with E-state index in [1.807, 2.05) is 32.9 Å². The van der Waals surface area contributed by atoms with Gasteiger partial charge in [0.05, 0.1) is 12.7 Å². The zero-order chi connectivity index (χ0) is 9.68. The first-order valence-corrected chi connectivity index (χ1v) is 4.53. The molecule has 1 aromatic rings. The molecule has 0 saturated carbocycles. The van der Waals surface area contributed by atoms with E-state index < -0.39 is 0 Å². The lowest BCUT2D eigenvalue weighted by molar-refractivity contribution is 0.241. The predicted molar refractivity (Wildman–Crippen MR) is 52.2 cm³/mol. The van der Waals surface area contributed by atoms with Gasteiger partial charge in [0.1, 0.15) is 11.5 Å². The van der Waals surface area contributed by atoms with Gasteiger partial charge in [0.25, 0.3) is 0 Å². The molecule has 1 radical (unpaired) electrons. The molecule has 0 aromatic heterocycles. The summed E-state index contributed by atoms with van der Waals surface area (Å²) >= 11 is 0. The van der Waals surface area contributed by atoms with Crippen molar-refractivity contribution in [1.82, 2.24) is 0 Å². The fourth-order valence-electron chi connectivity index (χ4n) is 0.980. The van der Waals surface area contributed by atoms with Crippen molar-refractivity contribution >= 4 is 0 Å². The summed E-state index contributed by atoms with van der Waals surface area (Å²) in [6.45, 7) is 6.62. The van der Waals surface area contributed by atoms with E-state index in [2.05, 4.69) is 6.07 Å². The molecule has 0 bridgehead atoms. The second-order valence-electron chi connectivity index (χ2n) is 2.99. The molecule has 13 heavy (non-hydrogen) atoms. The average Bonchev–Trinajstić information content (AvgIpc) is 2.08. The fourth-order valence-corrected chi connectivity index (χ4v) is 0.980. The van der Waals surface area contributed by atoms with Crippen molar-refractivity contribution in [2.75, 3.05) is 6.61 Å². The number of hydrogen-bond acceptors (Lipinski definition) is 2. The van der Waals surface area contributed by atoms with E-state index in [0.717, 1.165) is 11.5 Å². The molecular weight excluding hydrogens is 164 g/mol. The molecule has 1 aromatic carbocycles. The maximum atomic E-state index is 5.44. The van der Waals surface area contributed by atoms with Crippen LogP contribution in [0.1, 0.15) is 20.8 Å². The molecule has 0 aliphatic heterocycles. The van der Waals surface area contributed by atoms with Crippen LogP contribution in [0.25, 0.3) is 0 Å². The van der Waals surface area contributed by atoms with Gasteiger partial charge in [-0.1, -0.05) is 0 Å². The normalized spacial score (nSPS) is 10.2. The first kappa shape index (κ1) is 9.90. The van der Waals surface area contributed by atoms with Crippen LogP contribution in [0.5, 0.6) is 11.5 Å². The van der Waals surface area contributed by atoms with Crippen LogP contribution in [0, 0.1) is 6.07 Å². The fraction of sp³-hybridized carbons (Fsp3) is 0.455. The first-order valence-electron chi connectivity index (χ1n) is 4.53. The SMILES string of the molecule is CCOc1c[c]c(OC(C)C)cc1. The van der Waals surface area contributed by atoms with Gasteiger partial charge in [-0.25, -0.2) is 0 Å².